The lowest BCUT2D eigenvalue weighted by Gasteiger charge is -2.08. The van der Waals surface area contributed by atoms with Gasteiger partial charge in [-0.1, -0.05) is 17.7 Å². The van der Waals surface area contributed by atoms with Gasteiger partial charge in [0.1, 0.15) is 11.5 Å². The van der Waals surface area contributed by atoms with E-state index in [-0.39, 0.29) is 28.0 Å². The lowest BCUT2D eigenvalue weighted by atomic mass is 10.5. The number of fused-ring (bicyclic) bond motifs is 1. The zero-order valence-corrected chi connectivity index (χ0v) is 15.0. The van der Waals surface area contributed by atoms with Crippen molar-refractivity contribution in [2.24, 2.45) is 0 Å². The third kappa shape index (κ3) is 3.50. The monoisotopic (exact) mass is 397 g/mol. The fraction of sp³-hybridized carbons (Fsp3) is 0.154. The van der Waals surface area contributed by atoms with E-state index in [2.05, 4.69) is 25.3 Å². The lowest BCUT2D eigenvalue weighted by molar-refractivity contribution is 0.256. The molecule has 3 rings (SSSR count). The molecule has 0 aliphatic rings. The van der Waals surface area contributed by atoms with Crippen LogP contribution < -0.4 is 14.8 Å². The number of carbonyl (C=O) groups is 1. The first-order valence-corrected chi connectivity index (χ1v) is 8.89. The van der Waals surface area contributed by atoms with E-state index >= 15 is 0 Å². The molecule has 0 bridgehead atoms. The smallest absolute Gasteiger partial charge is 0.335 e. The average molecular weight is 398 g/mol. The summed E-state index contributed by atoms with van der Waals surface area (Å²) in [6, 6.07) is 3.74. The normalized spacial score (nSPS) is 11.3. The molecule has 0 radical (unpaired) electrons. The van der Waals surface area contributed by atoms with Gasteiger partial charge in [-0.15, -0.1) is 0 Å². The molecule has 11 nitrogen and oxygen atoms in total. The minimum Gasteiger partial charge on any atom is -0.467 e. The molecule has 3 heterocycles. The van der Waals surface area contributed by atoms with Crippen LogP contribution in [0.25, 0.3) is 5.65 Å². The number of aryl methyl sites for hydroxylation is 1. The van der Waals surface area contributed by atoms with E-state index in [1.165, 1.54) is 17.7 Å². The minimum atomic E-state index is -4.32. The van der Waals surface area contributed by atoms with Crippen LogP contribution in [0.2, 0.25) is 5.15 Å². The van der Waals surface area contributed by atoms with E-state index in [9.17, 15) is 13.2 Å². The van der Waals surface area contributed by atoms with Gasteiger partial charge in [-0.2, -0.15) is 23.4 Å². The quantitative estimate of drug-likeness (QED) is 0.664. The first-order chi connectivity index (χ1) is 12.3. The van der Waals surface area contributed by atoms with E-state index in [0.717, 1.165) is 0 Å². The van der Waals surface area contributed by atoms with Gasteiger partial charge in [0.25, 0.3) is 10.0 Å². The molecule has 0 aliphatic carbocycles. The number of sulfonamides is 1. The Hall–Kier alpha value is -2.99. The highest BCUT2D eigenvalue weighted by Gasteiger charge is 2.26. The Labute approximate surface area is 152 Å². The number of urea groups is 1. The van der Waals surface area contributed by atoms with Gasteiger partial charge in [-0.05, 0) is 19.1 Å². The molecular formula is C13H12ClN7O4S. The standard InChI is InChI=1S/C13H12ClN7O4S/c1-7-15-11(19-13(16-7)25-2)18-12(22)20-26(23,24)10-9(14)17-8-5-3-4-6-21(8)10/h3-6H,1-2H3,(H2,15,16,18,19,20,22). The van der Waals surface area contributed by atoms with E-state index in [4.69, 9.17) is 16.3 Å². The van der Waals surface area contributed by atoms with E-state index in [0.29, 0.717) is 5.65 Å². The predicted molar refractivity (Wildman–Crippen MR) is 90.7 cm³/mol. The topological polar surface area (TPSA) is 140 Å². The summed E-state index contributed by atoms with van der Waals surface area (Å²) in [6.45, 7) is 1.56. The number of halogens is 1. The maximum atomic E-state index is 12.5. The highest BCUT2D eigenvalue weighted by atomic mass is 35.5. The molecule has 0 saturated heterocycles. The molecule has 0 unspecified atom stereocenters. The van der Waals surface area contributed by atoms with Crippen molar-refractivity contribution >= 4 is 39.3 Å². The SMILES string of the molecule is COc1nc(C)nc(NC(=O)NS(=O)(=O)c2c(Cl)nc3ccccn23)n1. The molecule has 0 aliphatic heterocycles. The maximum absolute atomic E-state index is 12.5. The van der Waals surface area contributed by atoms with Crippen LogP contribution in [0, 0.1) is 6.92 Å². The number of hydrogen-bond donors (Lipinski definition) is 2. The Morgan fingerprint density at radius 2 is 2.00 bits per heavy atom. The Bertz CT molecular complexity index is 1100. The second-order valence-electron chi connectivity index (χ2n) is 4.89. The van der Waals surface area contributed by atoms with Crippen molar-refractivity contribution < 1.29 is 17.9 Å². The maximum Gasteiger partial charge on any atom is 0.335 e. The van der Waals surface area contributed by atoms with Crippen molar-refractivity contribution in [3.8, 4) is 6.01 Å². The Balaban J connectivity index is 1.86. The van der Waals surface area contributed by atoms with Crippen molar-refractivity contribution in [1.82, 2.24) is 29.1 Å². The summed E-state index contributed by atoms with van der Waals surface area (Å²) in [5.41, 5.74) is 0.316. The van der Waals surface area contributed by atoms with Gasteiger partial charge >= 0.3 is 12.0 Å². The van der Waals surface area contributed by atoms with Gasteiger partial charge in [-0.25, -0.2) is 14.5 Å². The van der Waals surface area contributed by atoms with Gasteiger partial charge in [0.15, 0.2) is 10.2 Å². The average Bonchev–Trinajstić information content (AvgIpc) is 2.89. The van der Waals surface area contributed by atoms with Crippen LogP contribution in [0.1, 0.15) is 5.82 Å². The summed E-state index contributed by atoms with van der Waals surface area (Å²) in [5.74, 6) is 0.103. The second kappa shape index (κ2) is 6.72. The zero-order chi connectivity index (χ0) is 18.9. The molecule has 0 saturated carbocycles. The number of anilines is 1. The lowest BCUT2D eigenvalue weighted by Crippen LogP contribution is -2.35. The highest BCUT2D eigenvalue weighted by Crippen LogP contribution is 2.22. The largest absolute Gasteiger partial charge is 0.467 e. The second-order valence-corrected chi connectivity index (χ2v) is 6.84. The van der Waals surface area contributed by atoms with Crippen molar-refractivity contribution in [2.75, 3.05) is 12.4 Å². The molecule has 13 heteroatoms. The van der Waals surface area contributed by atoms with Gasteiger partial charge in [-0.3, -0.25) is 9.72 Å². The van der Waals surface area contributed by atoms with Crippen LogP contribution in [0.4, 0.5) is 10.7 Å². The minimum absolute atomic E-state index is 0.0273. The molecule has 0 spiro atoms. The highest BCUT2D eigenvalue weighted by molar-refractivity contribution is 7.90. The summed E-state index contributed by atoms with van der Waals surface area (Å²) in [6.07, 6.45) is 1.46. The third-order valence-corrected chi connectivity index (χ3v) is 4.79. The Kier molecular flexibility index (Phi) is 4.61. The predicted octanol–water partition coefficient (Wildman–Crippen LogP) is 1.00. The van der Waals surface area contributed by atoms with E-state index in [1.807, 2.05) is 4.72 Å². The summed E-state index contributed by atoms with van der Waals surface area (Å²) in [5, 5.41) is 1.56. The molecular weight excluding hydrogens is 386 g/mol. The van der Waals surface area contributed by atoms with Gasteiger partial charge in [0, 0.05) is 6.20 Å². The van der Waals surface area contributed by atoms with Crippen LogP contribution in [0.5, 0.6) is 6.01 Å². The first kappa shape index (κ1) is 17.8. The molecule has 0 atom stereocenters. The van der Waals surface area contributed by atoms with Crippen LogP contribution in [-0.4, -0.2) is 45.9 Å². The van der Waals surface area contributed by atoms with Crippen LogP contribution in [0.15, 0.2) is 29.4 Å². The summed E-state index contributed by atoms with van der Waals surface area (Å²) < 4.78 is 33.0. The summed E-state index contributed by atoms with van der Waals surface area (Å²) >= 11 is 5.92. The van der Waals surface area contributed by atoms with Crippen LogP contribution in [0.3, 0.4) is 0 Å². The number of amides is 2. The number of nitrogens with zero attached hydrogens (tertiary/aromatic N) is 5. The van der Waals surface area contributed by atoms with E-state index < -0.39 is 16.1 Å². The number of pyridine rings is 1. The molecule has 0 aromatic carbocycles. The third-order valence-electron chi connectivity index (χ3n) is 3.06. The molecule has 136 valence electrons. The van der Waals surface area contributed by atoms with Gasteiger partial charge in [0.05, 0.1) is 7.11 Å². The molecule has 3 aromatic heterocycles. The number of nitrogens with one attached hydrogen (secondary N) is 2. The van der Waals surface area contributed by atoms with Crippen molar-refractivity contribution in [3.05, 3.63) is 35.4 Å². The first-order valence-electron chi connectivity index (χ1n) is 7.03. The van der Waals surface area contributed by atoms with Crippen molar-refractivity contribution in [2.45, 2.75) is 11.9 Å². The van der Waals surface area contributed by atoms with Crippen molar-refractivity contribution in [1.29, 1.82) is 0 Å². The number of methoxy groups -OCH3 is 1. The molecule has 2 amide bonds. The van der Waals surface area contributed by atoms with Crippen LogP contribution in [-0.2, 0) is 10.0 Å². The Morgan fingerprint density at radius 3 is 2.73 bits per heavy atom. The number of hydrogen-bond acceptors (Lipinski definition) is 8. The van der Waals surface area contributed by atoms with Gasteiger partial charge in [0.2, 0.25) is 5.95 Å². The number of carbonyl (C=O) groups excluding carboxylic acids is 1. The molecule has 0 fully saturated rings. The summed E-state index contributed by atoms with van der Waals surface area (Å²) in [7, 11) is -2.97. The number of aromatic nitrogens is 5. The fourth-order valence-electron chi connectivity index (χ4n) is 2.09. The molecule has 26 heavy (non-hydrogen) atoms. The number of imidazole rings is 1. The fourth-order valence-corrected chi connectivity index (χ4v) is 3.64. The number of ether oxygens (including phenoxy) is 1. The zero-order valence-electron chi connectivity index (χ0n) is 13.5. The van der Waals surface area contributed by atoms with Crippen molar-refractivity contribution in [3.63, 3.8) is 0 Å². The number of rotatable bonds is 4. The van der Waals surface area contributed by atoms with Crippen LogP contribution >= 0.6 is 11.6 Å². The Morgan fingerprint density at radius 1 is 1.23 bits per heavy atom. The molecule has 2 N–H and O–H groups in total. The molecule has 3 aromatic rings. The van der Waals surface area contributed by atoms with Gasteiger partial charge < -0.3 is 4.74 Å². The van der Waals surface area contributed by atoms with E-state index in [1.54, 1.807) is 25.1 Å². The summed E-state index contributed by atoms with van der Waals surface area (Å²) in [4.78, 5) is 27.5.